The number of thiazole rings is 1. The van der Waals surface area contributed by atoms with Gasteiger partial charge in [-0.05, 0) is 11.6 Å². The average molecular weight is 529 g/mol. The molecule has 1 fully saturated rings. The van der Waals surface area contributed by atoms with E-state index in [9.17, 15) is 19.5 Å². The first kappa shape index (κ1) is 23.8. The summed E-state index contributed by atoms with van der Waals surface area (Å²) in [6.07, 6.45) is 2.21. The van der Waals surface area contributed by atoms with E-state index in [0.717, 1.165) is 28.1 Å². The van der Waals surface area contributed by atoms with Gasteiger partial charge in [-0.3, -0.25) is 14.5 Å². The van der Waals surface area contributed by atoms with Gasteiger partial charge in [-0.15, -0.1) is 23.1 Å². The number of β-lactam (4-membered cyclic amide) rings is 1. The number of aliphatic carboxylic acids is 1. The monoisotopic (exact) mass is 528 g/mol. The molecule has 14 heteroatoms. The molecule has 0 spiro atoms. The van der Waals surface area contributed by atoms with Crippen LogP contribution >= 0.6 is 23.1 Å². The Morgan fingerprint density at radius 1 is 1.44 bits per heavy atom. The van der Waals surface area contributed by atoms with E-state index in [0.29, 0.717) is 17.7 Å². The molecule has 0 bridgehead atoms. The number of amides is 2. The third-order valence-corrected chi connectivity index (χ3v) is 8.00. The van der Waals surface area contributed by atoms with Crippen LogP contribution in [0.5, 0.6) is 0 Å². The summed E-state index contributed by atoms with van der Waals surface area (Å²) in [6.45, 7) is 1.97. The van der Waals surface area contributed by atoms with Crippen molar-refractivity contribution in [3.05, 3.63) is 58.0 Å². The minimum atomic E-state index is -1.18. The van der Waals surface area contributed by atoms with Crippen LogP contribution in [0.15, 0.2) is 46.2 Å². The van der Waals surface area contributed by atoms with E-state index in [2.05, 4.69) is 20.6 Å². The third kappa shape index (κ3) is 3.97. The SMILES string of the molecule is CON=C(C(=O)N[C@@H]1C(=O)N2C(C(=O)O)=C(Cc3c[nH][n+]4c(C)cccc34)CS[C@@H]12)c1csc(N)n1. The number of rotatable bonds is 7. The summed E-state index contributed by atoms with van der Waals surface area (Å²) in [4.78, 5) is 48.3. The van der Waals surface area contributed by atoms with Crippen molar-refractivity contribution in [1.29, 1.82) is 0 Å². The molecule has 3 aromatic rings. The number of aromatic nitrogens is 3. The smallest absolute Gasteiger partial charge is 0.352 e. The number of nitrogens with one attached hydrogen (secondary N) is 2. The summed E-state index contributed by atoms with van der Waals surface area (Å²) in [7, 11) is 1.29. The molecule has 1 saturated heterocycles. The molecule has 0 saturated carbocycles. The highest BCUT2D eigenvalue weighted by molar-refractivity contribution is 8.00. The Morgan fingerprint density at radius 3 is 2.94 bits per heavy atom. The van der Waals surface area contributed by atoms with Gasteiger partial charge in [0.25, 0.3) is 11.8 Å². The minimum absolute atomic E-state index is 0.0423. The molecule has 5 heterocycles. The first-order chi connectivity index (χ1) is 17.3. The van der Waals surface area contributed by atoms with Gasteiger partial charge in [-0.1, -0.05) is 9.67 Å². The number of H-pyrrole nitrogens is 1. The van der Waals surface area contributed by atoms with Gasteiger partial charge in [0.1, 0.15) is 29.9 Å². The number of thioether (sulfide) groups is 1. The number of nitrogens with two attached hydrogens (primary N) is 1. The van der Waals surface area contributed by atoms with Crippen molar-refractivity contribution in [2.24, 2.45) is 5.16 Å². The maximum Gasteiger partial charge on any atom is 0.352 e. The summed E-state index contributed by atoms with van der Waals surface area (Å²) in [6, 6.07) is 4.94. The molecule has 3 aromatic heterocycles. The number of hydrogen-bond donors (Lipinski definition) is 4. The Labute approximate surface area is 212 Å². The Kier molecular flexibility index (Phi) is 6.14. The third-order valence-electron chi connectivity index (χ3n) is 5.98. The molecule has 5 rings (SSSR count). The van der Waals surface area contributed by atoms with E-state index >= 15 is 0 Å². The highest BCUT2D eigenvalue weighted by Gasteiger charge is 2.54. The zero-order valence-electron chi connectivity index (χ0n) is 19.2. The fourth-order valence-corrected chi connectivity index (χ4v) is 6.24. The molecule has 2 atom stereocenters. The van der Waals surface area contributed by atoms with Gasteiger partial charge in [-0.2, -0.15) is 5.10 Å². The Morgan fingerprint density at radius 2 is 2.25 bits per heavy atom. The van der Waals surface area contributed by atoms with Crippen molar-refractivity contribution >= 4 is 57.2 Å². The molecule has 2 amide bonds. The van der Waals surface area contributed by atoms with Crippen LogP contribution < -0.4 is 15.6 Å². The molecular weight excluding hydrogens is 506 g/mol. The van der Waals surface area contributed by atoms with E-state index in [1.165, 1.54) is 23.8 Å². The van der Waals surface area contributed by atoms with Crippen molar-refractivity contribution in [3.8, 4) is 0 Å². The number of fused-ring (bicyclic) bond motifs is 2. The maximum absolute atomic E-state index is 13.1. The molecule has 186 valence electrons. The van der Waals surface area contributed by atoms with Crippen molar-refractivity contribution in [2.75, 3.05) is 18.6 Å². The maximum atomic E-state index is 13.1. The number of carboxylic acid groups (broad SMARTS) is 1. The fraction of sp³-hybridized carbons (Fsp3) is 0.273. The standard InChI is InChI=1S/C22H21N7O5S2/c1-10-4-3-5-14-11(7-24-29(10)14)6-12-8-35-20-16(19(31)28(20)17(12)21(32)33)26-18(30)15(27-34-2)13-9-36-22(23)25-13/h3-5,7,9,16,20H,6,8H2,1-2H3,(H4,23,25,26,30,32,33)/p+1/t16-,20+/m1/s1. The number of pyridine rings is 1. The van der Waals surface area contributed by atoms with Crippen molar-refractivity contribution in [1.82, 2.24) is 20.3 Å². The Hall–Kier alpha value is -3.91. The lowest BCUT2D eigenvalue weighted by molar-refractivity contribution is -0.583. The van der Waals surface area contributed by atoms with E-state index < -0.39 is 29.2 Å². The van der Waals surface area contributed by atoms with Crippen molar-refractivity contribution < 1.29 is 28.8 Å². The zero-order chi connectivity index (χ0) is 25.6. The number of aryl methyl sites for hydroxylation is 1. The second-order valence-corrected chi connectivity index (χ2v) is 10.2. The van der Waals surface area contributed by atoms with Crippen LogP contribution in [0, 0.1) is 6.92 Å². The van der Waals surface area contributed by atoms with Gasteiger partial charge >= 0.3 is 5.97 Å². The predicted octanol–water partition coefficient (Wildman–Crippen LogP) is 0.432. The number of carbonyl (C=O) groups is 3. The van der Waals surface area contributed by atoms with Gasteiger partial charge in [0.05, 0.1) is 11.8 Å². The summed E-state index contributed by atoms with van der Waals surface area (Å²) in [5.74, 6) is -1.96. The molecule has 0 aliphatic carbocycles. The lowest BCUT2D eigenvalue weighted by Gasteiger charge is -2.49. The summed E-state index contributed by atoms with van der Waals surface area (Å²) < 4.78 is 1.92. The number of carboxylic acids is 1. The van der Waals surface area contributed by atoms with Crippen LogP contribution in [0.1, 0.15) is 17.0 Å². The molecule has 36 heavy (non-hydrogen) atoms. The fourth-order valence-electron chi connectivity index (χ4n) is 4.35. The quantitative estimate of drug-likeness (QED) is 0.148. The van der Waals surface area contributed by atoms with Crippen LogP contribution in [0.2, 0.25) is 0 Å². The number of oxime groups is 1. The van der Waals surface area contributed by atoms with E-state index in [1.807, 2.05) is 35.8 Å². The topological polar surface area (TPSA) is 167 Å². The summed E-state index contributed by atoms with van der Waals surface area (Å²) in [5, 5.41) is 20.8. The van der Waals surface area contributed by atoms with Gasteiger partial charge in [0, 0.05) is 36.6 Å². The predicted molar refractivity (Wildman–Crippen MR) is 132 cm³/mol. The average Bonchev–Trinajstić information content (AvgIpc) is 3.47. The normalized spacial score (nSPS) is 19.8. The molecule has 5 N–H and O–H groups in total. The number of hydrogen-bond acceptors (Lipinski definition) is 9. The van der Waals surface area contributed by atoms with Gasteiger partial charge < -0.3 is 21.0 Å². The number of anilines is 1. The largest absolute Gasteiger partial charge is 0.477 e. The first-order valence-corrected chi connectivity index (χ1v) is 12.7. The van der Waals surface area contributed by atoms with Gasteiger partial charge in [0.15, 0.2) is 10.8 Å². The van der Waals surface area contributed by atoms with E-state index in [1.54, 1.807) is 5.38 Å². The highest BCUT2D eigenvalue weighted by Crippen LogP contribution is 2.41. The van der Waals surface area contributed by atoms with Crippen LogP contribution in [-0.4, -0.2) is 67.9 Å². The lowest BCUT2D eigenvalue weighted by Crippen LogP contribution is -2.71. The highest BCUT2D eigenvalue weighted by atomic mass is 32.2. The number of nitrogens with zero attached hydrogens (tertiary/aromatic N) is 4. The second-order valence-electron chi connectivity index (χ2n) is 8.17. The van der Waals surface area contributed by atoms with Gasteiger partial charge in [0.2, 0.25) is 11.2 Å². The number of carbonyl (C=O) groups excluding carboxylic acids is 2. The van der Waals surface area contributed by atoms with Crippen molar-refractivity contribution in [3.63, 3.8) is 0 Å². The molecule has 2 aliphatic rings. The summed E-state index contributed by atoms with van der Waals surface area (Å²) >= 11 is 2.53. The van der Waals surface area contributed by atoms with Crippen molar-refractivity contribution in [2.45, 2.75) is 24.8 Å². The molecular formula is C22H22N7O5S2+. The Bertz CT molecular complexity index is 1460. The van der Waals surface area contributed by atoms with Crippen LogP contribution in [0.3, 0.4) is 0 Å². The van der Waals surface area contributed by atoms with Crippen LogP contribution in [-0.2, 0) is 25.6 Å². The number of aromatic amines is 1. The molecule has 0 radical (unpaired) electrons. The molecule has 2 aliphatic heterocycles. The lowest BCUT2D eigenvalue weighted by atomic mass is 9.99. The molecule has 0 unspecified atom stereocenters. The van der Waals surface area contributed by atoms with E-state index in [4.69, 9.17) is 10.6 Å². The van der Waals surface area contributed by atoms with Gasteiger partial charge in [-0.25, -0.2) is 9.78 Å². The van der Waals surface area contributed by atoms with E-state index in [-0.39, 0.29) is 22.2 Å². The minimum Gasteiger partial charge on any atom is -0.477 e. The van der Waals surface area contributed by atoms with Crippen LogP contribution in [0.4, 0.5) is 5.13 Å². The Balaban J connectivity index is 1.38. The number of nitrogen functional groups attached to an aromatic ring is 1. The summed E-state index contributed by atoms with van der Waals surface area (Å²) in [5.41, 5.74) is 9.21. The molecule has 12 nitrogen and oxygen atoms in total. The van der Waals surface area contributed by atoms with Crippen LogP contribution in [0.25, 0.3) is 5.52 Å². The molecule has 0 aromatic carbocycles. The zero-order valence-corrected chi connectivity index (χ0v) is 20.9. The first-order valence-electron chi connectivity index (χ1n) is 10.8. The second kappa shape index (κ2) is 9.28.